The Labute approximate surface area is 107 Å². The van der Waals surface area contributed by atoms with Crippen LogP contribution in [0.15, 0.2) is 0 Å². The van der Waals surface area contributed by atoms with E-state index in [0.717, 1.165) is 0 Å². The number of carbonyl (C=O) groups is 2. The summed E-state index contributed by atoms with van der Waals surface area (Å²) in [5.41, 5.74) is 0. The molecule has 1 rings (SSSR count). The van der Waals surface area contributed by atoms with Crippen molar-refractivity contribution in [3.8, 4) is 0 Å². The number of ether oxygens (including phenoxy) is 3. The van der Waals surface area contributed by atoms with Crippen LogP contribution >= 0.6 is 0 Å². The second-order valence-electron chi connectivity index (χ2n) is 4.15. The van der Waals surface area contributed by atoms with Gasteiger partial charge in [-0.1, -0.05) is 0 Å². The lowest BCUT2D eigenvalue weighted by atomic mass is 10.3. The van der Waals surface area contributed by atoms with E-state index in [2.05, 4.69) is 0 Å². The summed E-state index contributed by atoms with van der Waals surface area (Å²) < 4.78 is 15.3. The van der Waals surface area contributed by atoms with Crippen LogP contribution in [0.3, 0.4) is 0 Å². The first kappa shape index (κ1) is 14.9. The highest BCUT2D eigenvalue weighted by Crippen LogP contribution is 2.17. The number of likely N-dealkylation sites (tertiary alicyclic amines) is 1. The third-order valence-corrected chi connectivity index (χ3v) is 3.02. The van der Waals surface area contributed by atoms with Crippen LogP contribution in [0.1, 0.15) is 19.8 Å². The summed E-state index contributed by atoms with van der Waals surface area (Å²) in [5, 5.41) is 0. The molecule has 6 nitrogen and oxygen atoms in total. The van der Waals surface area contributed by atoms with Crippen LogP contribution in [-0.2, 0) is 23.8 Å². The average Bonchev–Trinajstić information content (AvgIpc) is 2.79. The van der Waals surface area contributed by atoms with E-state index < -0.39 is 0 Å². The Morgan fingerprint density at radius 2 is 1.67 bits per heavy atom. The second kappa shape index (κ2) is 7.33. The van der Waals surface area contributed by atoms with Gasteiger partial charge >= 0.3 is 5.97 Å². The summed E-state index contributed by atoms with van der Waals surface area (Å²) in [6, 6.07) is 0. The van der Waals surface area contributed by atoms with E-state index in [1.807, 2.05) is 0 Å². The first-order valence-corrected chi connectivity index (χ1v) is 6.11. The van der Waals surface area contributed by atoms with Gasteiger partial charge in [-0.05, 0) is 6.92 Å². The Bertz CT molecular complexity index is 282. The number of hydrogen-bond donors (Lipinski definition) is 0. The van der Waals surface area contributed by atoms with E-state index in [9.17, 15) is 9.59 Å². The van der Waals surface area contributed by atoms with Gasteiger partial charge in [0.15, 0.2) is 0 Å². The predicted molar refractivity (Wildman–Crippen MR) is 64.0 cm³/mol. The van der Waals surface area contributed by atoms with Gasteiger partial charge in [-0.25, -0.2) is 0 Å². The summed E-state index contributed by atoms with van der Waals surface area (Å²) in [6.45, 7) is 3.11. The minimum atomic E-state index is -0.336. The van der Waals surface area contributed by atoms with Crippen molar-refractivity contribution in [1.82, 2.24) is 4.90 Å². The molecule has 0 aromatic heterocycles. The van der Waals surface area contributed by atoms with Crippen molar-refractivity contribution >= 4 is 11.9 Å². The highest BCUT2D eigenvalue weighted by Gasteiger charge is 2.35. The zero-order valence-electron chi connectivity index (χ0n) is 11.2. The van der Waals surface area contributed by atoms with Crippen LogP contribution in [0.5, 0.6) is 0 Å². The fourth-order valence-electron chi connectivity index (χ4n) is 2.00. The van der Waals surface area contributed by atoms with E-state index in [1.165, 1.54) is 0 Å². The molecule has 0 radical (unpaired) electrons. The molecule has 0 N–H and O–H groups in total. The lowest BCUT2D eigenvalue weighted by Crippen LogP contribution is -2.30. The Balaban J connectivity index is 2.37. The molecule has 0 aromatic rings. The molecule has 6 heteroatoms. The first-order chi connectivity index (χ1) is 8.62. The lowest BCUT2D eigenvalue weighted by molar-refractivity contribution is -0.145. The molecule has 104 valence electrons. The van der Waals surface area contributed by atoms with Gasteiger partial charge in [0.05, 0.1) is 13.0 Å². The summed E-state index contributed by atoms with van der Waals surface area (Å²) in [7, 11) is 3.20. The molecule has 1 saturated heterocycles. The van der Waals surface area contributed by atoms with Crippen LogP contribution in [0.2, 0.25) is 0 Å². The molecule has 1 fully saturated rings. The highest BCUT2D eigenvalue weighted by molar-refractivity contribution is 5.81. The van der Waals surface area contributed by atoms with E-state index >= 15 is 0 Å². The van der Waals surface area contributed by atoms with E-state index in [-0.39, 0.29) is 36.9 Å². The van der Waals surface area contributed by atoms with Crippen LogP contribution < -0.4 is 0 Å². The molecule has 1 heterocycles. The van der Waals surface area contributed by atoms with Gasteiger partial charge in [-0.2, -0.15) is 0 Å². The summed E-state index contributed by atoms with van der Waals surface area (Å²) >= 11 is 0. The normalized spacial score (nSPS) is 23.2. The average molecular weight is 259 g/mol. The maximum atomic E-state index is 11.9. The van der Waals surface area contributed by atoms with Gasteiger partial charge in [-0.15, -0.1) is 0 Å². The maximum absolute atomic E-state index is 11.9. The molecule has 0 saturated carbocycles. The van der Waals surface area contributed by atoms with E-state index in [1.54, 1.807) is 26.0 Å². The molecule has 0 aliphatic carbocycles. The predicted octanol–water partition coefficient (Wildman–Crippen LogP) is 0.202. The van der Waals surface area contributed by atoms with Crippen molar-refractivity contribution in [2.24, 2.45) is 0 Å². The Morgan fingerprint density at radius 3 is 2.11 bits per heavy atom. The van der Waals surface area contributed by atoms with Crippen molar-refractivity contribution in [3.05, 3.63) is 0 Å². The van der Waals surface area contributed by atoms with Crippen molar-refractivity contribution in [3.63, 3.8) is 0 Å². The molecule has 0 aromatic carbocycles. The molecule has 1 amide bonds. The smallest absolute Gasteiger partial charge is 0.306 e. The summed E-state index contributed by atoms with van der Waals surface area (Å²) in [6.07, 6.45) is 0.104. The standard InChI is InChI=1S/C12H21NO5/c1-4-18-12(15)6-5-11(14)13-7-9(16-2)10(8-13)17-3/h9-10H,4-8H2,1-3H3. The Hall–Kier alpha value is -1.14. The molecular formula is C12H21NO5. The number of amides is 1. The minimum Gasteiger partial charge on any atom is -0.466 e. The topological polar surface area (TPSA) is 65.1 Å². The molecule has 1 aliphatic heterocycles. The van der Waals surface area contributed by atoms with Crippen molar-refractivity contribution in [2.75, 3.05) is 33.9 Å². The molecule has 0 spiro atoms. The summed E-state index contributed by atoms with van der Waals surface area (Å²) in [5.74, 6) is -0.402. The summed E-state index contributed by atoms with van der Waals surface area (Å²) in [4.78, 5) is 24.7. The number of hydrogen-bond acceptors (Lipinski definition) is 5. The first-order valence-electron chi connectivity index (χ1n) is 6.11. The van der Waals surface area contributed by atoms with E-state index in [0.29, 0.717) is 19.7 Å². The van der Waals surface area contributed by atoms with Crippen molar-refractivity contribution in [2.45, 2.75) is 32.0 Å². The Kier molecular flexibility index (Phi) is 6.07. The number of nitrogens with zero attached hydrogens (tertiary/aromatic N) is 1. The minimum absolute atomic E-state index is 0.0651. The van der Waals surface area contributed by atoms with Gasteiger partial charge in [0.25, 0.3) is 0 Å². The molecular weight excluding hydrogens is 238 g/mol. The third-order valence-electron chi connectivity index (χ3n) is 3.02. The Morgan fingerprint density at radius 1 is 1.11 bits per heavy atom. The van der Waals surface area contributed by atoms with Gasteiger partial charge in [0, 0.05) is 33.7 Å². The largest absolute Gasteiger partial charge is 0.466 e. The zero-order valence-corrected chi connectivity index (χ0v) is 11.2. The van der Waals surface area contributed by atoms with Crippen LogP contribution in [0, 0.1) is 0 Å². The fraction of sp³-hybridized carbons (Fsp3) is 0.833. The highest BCUT2D eigenvalue weighted by atomic mass is 16.5. The SMILES string of the molecule is CCOC(=O)CCC(=O)N1CC(OC)C(OC)C1. The van der Waals surface area contributed by atoms with Gasteiger partial charge in [-0.3, -0.25) is 9.59 Å². The van der Waals surface area contributed by atoms with Crippen LogP contribution in [0.4, 0.5) is 0 Å². The quantitative estimate of drug-likeness (QED) is 0.638. The third kappa shape index (κ3) is 3.96. The van der Waals surface area contributed by atoms with Gasteiger partial charge in [0.2, 0.25) is 5.91 Å². The molecule has 2 atom stereocenters. The van der Waals surface area contributed by atoms with Crippen molar-refractivity contribution in [1.29, 1.82) is 0 Å². The van der Waals surface area contributed by atoms with Gasteiger partial charge in [0.1, 0.15) is 12.2 Å². The van der Waals surface area contributed by atoms with Crippen LogP contribution in [-0.4, -0.2) is 62.9 Å². The number of carbonyl (C=O) groups excluding carboxylic acids is 2. The molecule has 1 aliphatic rings. The molecule has 2 unspecified atom stereocenters. The molecule has 18 heavy (non-hydrogen) atoms. The van der Waals surface area contributed by atoms with E-state index in [4.69, 9.17) is 14.2 Å². The molecule has 0 bridgehead atoms. The monoisotopic (exact) mass is 259 g/mol. The lowest BCUT2D eigenvalue weighted by Gasteiger charge is -2.15. The number of esters is 1. The fourth-order valence-corrected chi connectivity index (χ4v) is 2.00. The second-order valence-corrected chi connectivity index (χ2v) is 4.15. The zero-order chi connectivity index (χ0) is 13.5. The maximum Gasteiger partial charge on any atom is 0.306 e. The van der Waals surface area contributed by atoms with Crippen LogP contribution in [0.25, 0.3) is 0 Å². The van der Waals surface area contributed by atoms with Gasteiger partial charge < -0.3 is 19.1 Å². The van der Waals surface area contributed by atoms with Crippen molar-refractivity contribution < 1.29 is 23.8 Å². The number of methoxy groups -OCH3 is 2. The number of rotatable bonds is 6.